The van der Waals surface area contributed by atoms with Gasteiger partial charge < -0.3 is 9.67 Å². The Hall–Kier alpha value is -1.89. The first-order valence-electron chi connectivity index (χ1n) is 6.33. The standard InChI is InChI=1S/C12H18N4O3/c1-8(17)5-3-4-6-16-11(18)9-10(14-12(16)19)13-7-15(9)2/h7-8,17H,3-6H2,1-2H3,(H,14,19)/t8-/m1/s1. The largest absolute Gasteiger partial charge is 0.393 e. The molecule has 2 aromatic heterocycles. The van der Waals surface area contributed by atoms with E-state index in [0.29, 0.717) is 30.6 Å². The van der Waals surface area contributed by atoms with Crippen molar-refractivity contribution in [2.24, 2.45) is 7.05 Å². The number of fused-ring (bicyclic) bond motifs is 1. The molecule has 7 nitrogen and oxygen atoms in total. The summed E-state index contributed by atoms with van der Waals surface area (Å²) in [4.78, 5) is 30.5. The van der Waals surface area contributed by atoms with Crippen LogP contribution in [0.25, 0.3) is 11.2 Å². The fourth-order valence-electron chi connectivity index (χ4n) is 2.08. The van der Waals surface area contributed by atoms with Crippen LogP contribution in [0.2, 0.25) is 0 Å². The molecule has 2 heterocycles. The van der Waals surface area contributed by atoms with E-state index in [9.17, 15) is 9.59 Å². The van der Waals surface area contributed by atoms with Crippen molar-refractivity contribution in [1.29, 1.82) is 0 Å². The Morgan fingerprint density at radius 1 is 1.42 bits per heavy atom. The summed E-state index contributed by atoms with van der Waals surface area (Å²) < 4.78 is 2.78. The molecule has 7 heteroatoms. The number of rotatable bonds is 5. The van der Waals surface area contributed by atoms with E-state index < -0.39 is 5.69 Å². The molecule has 0 spiro atoms. The maximum Gasteiger partial charge on any atom is 0.330 e. The number of aliphatic hydroxyl groups is 1. The molecule has 2 rings (SSSR count). The van der Waals surface area contributed by atoms with Gasteiger partial charge in [0.25, 0.3) is 5.56 Å². The lowest BCUT2D eigenvalue weighted by Gasteiger charge is -2.06. The number of hydrogen-bond acceptors (Lipinski definition) is 4. The third kappa shape index (κ3) is 2.76. The first kappa shape index (κ1) is 13.5. The summed E-state index contributed by atoms with van der Waals surface area (Å²) in [6, 6.07) is 0. The monoisotopic (exact) mass is 266 g/mol. The lowest BCUT2D eigenvalue weighted by molar-refractivity contribution is 0.180. The number of aliphatic hydroxyl groups excluding tert-OH is 1. The quantitative estimate of drug-likeness (QED) is 0.743. The minimum atomic E-state index is -0.437. The van der Waals surface area contributed by atoms with Crippen LogP contribution in [0, 0.1) is 0 Å². The van der Waals surface area contributed by atoms with Gasteiger partial charge in [0.05, 0.1) is 12.4 Å². The Kier molecular flexibility index (Phi) is 3.84. The molecule has 1 atom stereocenters. The first-order chi connectivity index (χ1) is 9.00. The molecule has 0 aliphatic rings. The van der Waals surface area contributed by atoms with E-state index in [1.54, 1.807) is 18.5 Å². The number of nitrogens with zero attached hydrogens (tertiary/aromatic N) is 3. The van der Waals surface area contributed by atoms with Gasteiger partial charge in [0.2, 0.25) is 0 Å². The van der Waals surface area contributed by atoms with Crippen molar-refractivity contribution in [3.8, 4) is 0 Å². The van der Waals surface area contributed by atoms with Crippen molar-refractivity contribution in [1.82, 2.24) is 19.1 Å². The Balaban J connectivity index is 2.25. The highest BCUT2D eigenvalue weighted by atomic mass is 16.3. The molecule has 0 fully saturated rings. The smallest absolute Gasteiger partial charge is 0.330 e. The summed E-state index contributed by atoms with van der Waals surface area (Å²) in [5, 5.41) is 9.16. The fourth-order valence-corrected chi connectivity index (χ4v) is 2.08. The molecule has 19 heavy (non-hydrogen) atoms. The SMILES string of the molecule is C[C@@H](O)CCCCn1c(=O)[nH]c2ncn(C)c2c1=O. The van der Waals surface area contributed by atoms with E-state index in [1.807, 2.05) is 0 Å². The molecule has 0 bridgehead atoms. The van der Waals surface area contributed by atoms with E-state index in [1.165, 1.54) is 10.9 Å². The lowest BCUT2D eigenvalue weighted by atomic mass is 10.2. The van der Waals surface area contributed by atoms with Crippen molar-refractivity contribution in [2.75, 3.05) is 0 Å². The second-order valence-corrected chi connectivity index (χ2v) is 4.78. The summed E-state index contributed by atoms with van der Waals surface area (Å²) in [5.74, 6) is 0. The molecule has 2 N–H and O–H groups in total. The van der Waals surface area contributed by atoms with E-state index in [0.717, 1.165) is 6.42 Å². The second kappa shape index (κ2) is 5.40. The second-order valence-electron chi connectivity index (χ2n) is 4.78. The maximum atomic E-state index is 12.2. The zero-order valence-corrected chi connectivity index (χ0v) is 11.1. The zero-order valence-electron chi connectivity index (χ0n) is 11.1. The van der Waals surface area contributed by atoms with Crippen LogP contribution in [0.5, 0.6) is 0 Å². The Labute approximate surface area is 109 Å². The Morgan fingerprint density at radius 3 is 2.84 bits per heavy atom. The molecule has 0 saturated carbocycles. The van der Waals surface area contributed by atoms with Crippen LogP contribution in [0.4, 0.5) is 0 Å². The zero-order chi connectivity index (χ0) is 14.0. The fraction of sp³-hybridized carbons (Fsp3) is 0.583. The molecular weight excluding hydrogens is 248 g/mol. The molecule has 0 amide bonds. The van der Waals surface area contributed by atoms with Crippen LogP contribution in [-0.2, 0) is 13.6 Å². The van der Waals surface area contributed by atoms with Gasteiger partial charge in [-0.2, -0.15) is 0 Å². The highest BCUT2D eigenvalue weighted by Gasteiger charge is 2.11. The summed E-state index contributed by atoms with van der Waals surface area (Å²) >= 11 is 0. The molecular formula is C12H18N4O3. The molecule has 0 aliphatic heterocycles. The van der Waals surface area contributed by atoms with Gasteiger partial charge in [0.15, 0.2) is 11.2 Å². The number of H-pyrrole nitrogens is 1. The number of imidazole rings is 1. The number of unbranched alkanes of at least 4 members (excludes halogenated alkanes) is 1. The Morgan fingerprint density at radius 2 is 2.16 bits per heavy atom. The molecule has 0 aromatic carbocycles. The predicted octanol–water partition coefficient (Wildman–Crippen LogP) is -0.0256. The number of hydrogen-bond donors (Lipinski definition) is 2. The van der Waals surface area contributed by atoms with Gasteiger partial charge in [-0.15, -0.1) is 0 Å². The van der Waals surface area contributed by atoms with E-state index >= 15 is 0 Å². The van der Waals surface area contributed by atoms with Crippen molar-refractivity contribution < 1.29 is 5.11 Å². The summed E-state index contributed by atoms with van der Waals surface area (Å²) in [7, 11) is 1.72. The van der Waals surface area contributed by atoms with Gasteiger partial charge in [0.1, 0.15) is 0 Å². The van der Waals surface area contributed by atoms with Crippen LogP contribution in [-0.4, -0.2) is 30.3 Å². The predicted molar refractivity (Wildman–Crippen MR) is 71.1 cm³/mol. The minimum absolute atomic E-state index is 0.317. The van der Waals surface area contributed by atoms with E-state index in [2.05, 4.69) is 9.97 Å². The van der Waals surface area contributed by atoms with Crippen molar-refractivity contribution in [3.05, 3.63) is 27.2 Å². The normalized spacial score (nSPS) is 13.0. The van der Waals surface area contributed by atoms with Crippen LogP contribution in [0.1, 0.15) is 26.2 Å². The Bertz CT molecular complexity index is 680. The van der Waals surface area contributed by atoms with Gasteiger partial charge in [0, 0.05) is 13.6 Å². The summed E-state index contributed by atoms with van der Waals surface area (Å²) in [6.45, 7) is 2.07. The molecule has 0 aliphatic carbocycles. The maximum absolute atomic E-state index is 12.2. The molecule has 0 unspecified atom stereocenters. The highest BCUT2D eigenvalue weighted by molar-refractivity contribution is 5.68. The van der Waals surface area contributed by atoms with Gasteiger partial charge in [-0.25, -0.2) is 9.78 Å². The van der Waals surface area contributed by atoms with Crippen LogP contribution in [0.3, 0.4) is 0 Å². The molecule has 0 radical (unpaired) electrons. The molecule has 104 valence electrons. The number of aromatic nitrogens is 4. The van der Waals surface area contributed by atoms with Gasteiger partial charge >= 0.3 is 5.69 Å². The topological polar surface area (TPSA) is 92.9 Å². The van der Waals surface area contributed by atoms with Gasteiger partial charge in [-0.1, -0.05) is 0 Å². The first-order valence-corrected chi connectivity index (χ1v) is 6.33. The number of nitrogens with one attached hydrogen (secondary N) is 1. The molecule has 2 aromatic rings. The van der Waals surface area contributed by atoms with Crippen LogP contribution >= 0.6 is 0 Å². The van der Waals surface area contributed by atoms with Crippen molar-refractivity contribution in [3.63, 3.8) is 0 Å². The van der Waals surface area contributed by atoms with E-state index in [-0.39, 0.29) is 11.7 Å². The van der Waals surface area contributed by atoms with E-state index in [4.69, 9.17) is 5.11 Å². The number of aryl methyl sites for hydroxylation is 1. The average molecular weight is 266 g/mol. The number of aromatic amines is 1. The third-order valence-electron chi connectivity index (χ3n) is 3.11. The minimum Gasteiger partial charge on any atom is -0.393 e. The van der Waals surface area contributed by atoms with Gasteiger partial charge in [-0.3, -0.25) is 14.3 Å². The molecule has 0 saturated heterocycles. The van der Waals surface area contributed by atoms with Gasteiger partial charge in [-0.05, 0) is 26.2 Å². The third-order valence-corrected chi connectivity index (χ3v) is 3.11. The van der Waals surface area contributed by atoms with Crippen molar-refractivity contribution in [2.45, 2.75) is 38.8 Å². The summed E-state index contributed by atoms with van der Waals surface area (Å²) in [6.07, 6.45) is 3.26. The lowest BCUT2D eigenvalue weighted by Crippen LogP contribution is -2.35. The average Bonchev–Trinajstić information content (AvgIpc) is 2.69. The van der Waals surface area contributed by atoms with Crippen LogP contribution in [0.15, 0.2) is 15.9 Å². The summed E-state index contributed by atoms with van der Waals surface area (Å²) in [5.41, 5.74) is -0.0445. The van der Waals surface area contributed by atoms with Crippen LogP contribution < -0.4 is 11.2 Å². The van der Waals surface area contributed by atoms with Crippen molar-refractivity contribution >= 4 is 11.2 Å². The highest BCUT2D eigenvalue weighted by Crippen LogP contribution is 2.03.